The number of nitrogens with zero attached hydrogens (tertiary/aromatic N) is 3. The van der Waals surface area contributed by atoms with Crippen molar-refractivity contribution >= 4 is 21.6 Å². The fourth-order valence-electron chi connectivity index (χ4n) is 6.66. The van der Waals surface area contributed by atoms with E-state index >= 15 is 0 Å². The Morgan fingerprint density at radius 3 is 1.14 bits per heavy atom. The third-order valence-electron chi connectivity index (χ3n) is 9.17. The maximum Gasteiger partial charge on any atom is 0.124 e. The Balaban J connectivity index is 1.29. The molecular weight excluding hydrogens is 639 g/mol. The van der Waals surface area contributed by atoms with Gasteiger partial charge in [-0.15, -0.1) is 11.3 Å². The molecule has 0 aliphatic heterocycles. The van der Waals surface area contributed by atoms with Crippen molar-refractivity contribution in [3.05, 3.63) is 188 Å². The summed E-state index contributed by atoms with van der Waals surface area (Å²) in [6.45, 7) is 0. The summed E-state index contributed by atoms with van der Waals surface area (Å²) in [4.78, 5) is 16.0. The van der Waals surface area contributed by atoms with Gasteiger partial charge in [0.1, 0.15) is 5.01 Å². The highest BCUT2D eigenvalue weighted by molar-refractivity contribution is 7.22. The first-order chi connectivity index (χ1) is 25.3. The Hall–Kier alpha value is -6.49. The Labute approximate surface area is 301 Å². The maximum atomic E-state index is 5.40. The van der Waals surface area contributed by atoms with E-state index in [1.165, 1.54) is 0 Å². The monoisotopic (exact) mass is 669 g/mol. The van der Waals surface area contributed by atoms with Crippen LogP contribution in [-0.2, 0) is 0 Å². The summed E-state index contributed by atoms with van der Waals surface area (Å²) >= 11 is 1.73. The van der Waals surface area contributed by atoms with E-state index in [-0.39, 0.29) is 0 Å². The van der Waals surface area contributed by atoms with Gasteiger partial charge in [0.2, 0.25) is 0 Å². The van der Waals surface area contributed by atoms with E-state index in [1.54, 1.807) is 11.3 Å². The molecule has 0 spiro atoms. The summed E-state index contributed by atoms with van der Waals surface area (Å²) in [7, 11) is 0. The van der Waals surface area contributed by atoms with E-state index in [0.717, 1.165) is 88.1 Å². The molecule has 4 heteroatoms. The standard InChI is InChI=1S/C47H31N3S/c1-6-16-32(17-7-1)41-30-28-37(43(48-41)34-20-10-3-11-21-34)38-26-27-40(46-45(38)50-47(51-46)36-24-14-5-15-25-36)39-29-31-42(33-18-8-2-9-19-33)49-44(39)35-22-12-4-13-23-35/h1-31H. The van der Waals surface area contributed by atoms with Gasteiger partial charge in [0.15, 0.2) is 0 Å². The van der Waals surface area contributed by atoms with E-state index in [9.17, 15) is 0 Å². The average Bonchev–Trinajstić information content (AvgIpc) is 3.68. The molecule has 0 N–H and O–H groups in total. The van der Waals surface area contributed by atoms with Crippen molar-refractivity contribution in [2.75, 3.05) is 0 Å². The molecule has 0 saturated heterocycles. The SMILES string of the molecule is c1ccc(-c2ccc(-c3ccc(-c4ccc(-c5ccccc5)nc4-c4ccccc4)c4sc(-c5ccccc5)nc34)c(-c3ccccc3)n2)cc1. The van der Waals surface area contributed by atoms with Gasteiger partial charge < -0.3 is 0 Å². The van der Waals surface area contributed by atoms with Crippen LogP contribution in [0.5, 0.6) is 0 Å². The normalized spacial score (nSPS) is 11.1. The topological polar surface area (TPSA) is 38.7 Å². The summed E-state index contributed by atoms with van der Waals surface area (Å²) in [6, 6.07) is 65.3. The molecule has 0 fully saturated rings. The minimum atomic E-state index is 0.930. The third-order valence-corrected chi connectivity index (χ3v) is 10.3. The Morgan fingerprint density at radius 1 is 0.294 bits per heavy atom. The first kappa shape index (κ1) is 30.6. The molecule has 0 atom stereocenters. The number of aromatic nitrogens is 3. The zero-order valence-corrected chi connectivity index (χ0v) is 28.5. The lowest BCUT2D eigenvalue weighted by Crippen LogP contribution is -1.95. The molecule has 0 bridgehead atoms. The van der Waals surface area contributed by atoms with Crippen LogP contribution in [0.3, 0.4) is 0 Å². The molecule has 0 unspecified atom stereocenters. The smallest absolute Gasteiger partial charge is 0.124 e. The summed E-state index contributed by atoms with van der Waals surface area (Å²) in [5.41, 5.74) is 14.4. The second-order valence-corrected chi connectivity index (χ2v) is 13.4. The Bertz CT molecular complexity index is 2440. The fourth-order valence-corrected chi connectivity index (χ4v) is 7.79. The molecule has 9 aromatic rings. The maximum absolute atomic E-state index is 5.40. The van der Waals surface area contributed by atoms with E-state index in [0.29, 0.717) is 0 Å². The number of benzene rings is 6. The predicted octanol–water partition coefficient (Wildman–Crippen LogP) is 12.8. The summed E-state index contributed by atoms with van der Waals surface area (Å²) < 4.78 is 1.11. The van der Waals surface area contributed by atoms with Gasteiger partial charge in [-0.3, -0.25) is 0 Å². The van der Waals surface area contributed by atoms with Crippen molar-refractivity contribution < 1.29 is 0 Å². The van der Waals surface area contributed by atoms with E-state index < -0.39 is 0 Å². The lowest BCUT2D eigenvalue weighted by Gasteiger charge is -2.15. The van der Waals surface area contributed by atoms with Crippen LogP contribution in [0.25, 0.3) is 88.1 Å². The van der Waals surface area contributed by atoms with E-state index in [2.05, 4.69) is 158 Å². The van der Waals surface area contributed by atoms with Crippen LogP contribution in [0.2, 0.25) is 0 Å². The number of thiazole rings is 1. The number of hydrogen-bond acceptors (Lipinski definition) is 4. The molecule has 9 rings (SSSR count). The van der Waals surface area contributed by atoms with Gasteiger partial charge in [-0.05, 0) is 24.3 Å². The van der Waals surface area contributed by atoms with Crippen LogP contribution in [0, 0.1) is 0 Å². The lowest BCUT2D eigenvalue weighted by atomic mass is 9.93. The number of hydrogen-bond donors (Lipinski definition) is 0. The number of fused-ring (bicyclic) bond motifs is 1. The zero-order chi connectivity index (χ0) is 34.0. The van der Waals surface area contributed by atoms with Crippen molar-refractivity contribution in [1.82, 2.24) is 15.0 Å². The van der Waals surface area contributed by atoms with Crippen LogP contribution in [-0.4, -0.2) is 15.0 Å². The van der Waals surface area contributed by atoms with Gasteiger partial charge in [0.05, 0.1) is 33.0 Å². The molecule has 0 radical (unpaired) electrons. The van der Waals surface area contributed by atoms with Gasteiger partial charge in [-0.1, -0.05) is 164 Å². The average molecular weight is 670 g/mol. The second-order valence-electron chi connectivity index (χ2n) is 12.4. The molecule has 0 saturated carbocycles. The molecule has 3 heterocycles. The molecule has 51 heavy (non-hydrogen) atoms. The lowest BCUT2D eigenvalue weighted by molar-refractivity contribution is 1.32. The van der Waals surface area contributed by atoms with Gasteiger partial charge >= 0.3 is 0 Å². The predicted molar refractivity (Wildman–Crippen MR) is 213 cm³/mol. The van der Waals surface area contributed by atoms with E-state index in [1.807, 2.05) is 30.3 Å². The Kier molecular flexibility index (Phi) is 8.05. The molecule has 240 valence electrons. The summed E-state index contributed by atoms with van der Waals surface area (Å²) in [5, 5.41) is 0.976. The van der Waals surface area contributed by atoms with Crippen LogP contribution < -0.4 is 0 Å². The van der Waals surface area contributed by atoms with Crippen molar-refractivity contribution in [1.29, 1.82) is 0 Å². The quantitative estimate of drug-likeness (QED) is 0.169. The van der Waals surface area contributed by atoms with Gasteiger partial charge in [-0.2, -0.15) is 0 Å². The minimum Gasteiger partial charge on any atom is -0.247 e. The van der Waals surface area contributed by atoms with Gasteiger partial charge in [-0.25, -0.2) is 15.0 Å². The minimum absolute atomic E-state index is 0.930. The van der Waals surface area contributed by atoms with Crippen molar-refractivity contribution in [2.45, 2.75) is 0 Å². The highest BCUT2D eigenvalue weighted by Crippen LogP contribution is 2.45. The van der Waals surface area contributed by atoms with Crippen LogP contribution in [0.15, 0.2) is 188 Å². The largest absolute Gasteiger partial charge is 0.247 e. The van der Waals surface area contributed by atoms with Crippen LogP contribution in [0.4, 0.5) is 0 Å². The van der Waals surface area contributed by atoms with Gasteiger partial charge in [0, 0.05) is 50.1 Å². The third kappa shape index (κ3) is 5.92. The molecule has 0 aliphatic carbocycles. The molecule has 0 aliphatic rings. The summed E-state index contributed by atoms with van der Waals surface area (Å²) in [6.07, 6.45) is 0. The molecular formula is C47H31N3S. The van der Waals surface area contributed by atoms with Crippen LogP contribution >= 0.6 is 11.3 Å². The number of pyridine rings is 2. The molecule has 0 amide bonds. The Morgan fingerprint density at radius 2 is 0.667 bits per heavy atom. The molecule has 3 nitrogen and oxygen atoms in total. The molecule has 6 aromatic carbocycles. The zero-order valence-electron chi connectivity index (χ0n) is 27.6. The number of rotatable bonds is 7. The van der Waals surface area contributed by atoms with Crippen LogP contribution in [0.1, 0.15) is 0 Å². The van der Waals surface area contributed by atoms with Crippen molar-refractivity contribution in [3.63, 3.8) is 0 Å². The van der Waals surface area contributed by atoms with Crippen molar-refractivity contribution in [2.24, 2.45) is 0 Å². The fraction of sp³-hybridized carbons (Fsp3) is 0. The summed E-state index contributed by atoms with van der Waals surface area (Å²) in [5.74, 6) is 0. The highest BCUT2D eigenvalue weighted by atomic mass is 32.1. The highest BCUT2D eigenvalue weighted by Gasteiger charge is 2.22. The van der Waals surface area contributed by atoms with Gasteiger partial charge in [0.25, 0.3) is 0 Å². The second kappa shape index (κ2) is 13.4. The van der Waals surface area contributed by atoms with Crippen molar-refractivity contribution in [3.8, 4) is 77.9 Å². The molecule has 3 aromatic heterocycles. The first-order valence-electron chi connectivity index (χ1n) is 17.0. The first-order valence-corrected chi connectivity index (χ1v) is 17.9. The van der Waals surface area contributed by atoms with E-state index in [4.69, 9.17) is 15.0 Å².